The van der Waals surface area contributed by atoms with Crippen molar-refractivity contribution >= 4 is 21.6 Å². The number of hydrogen-bond donors (Lipinski definition) is 3. The lowest BCUT2D eigenvalue weighted by molar-refractivity contribution is -0.117. The van der Waals surface area contributed by atoms with Crippen LogP contribution < -0.4 is 15.8 Å². The highest BCUT2D eigenvalue weighted by atomic mass is 32.2. The third-order valence-corrected chi connectivity index (χ3v) is 5.56. The third kappa shape index (κ3) is 4.66. The molecule has 6 nitrogen and oxygen atoms in total. The van der Waals surface area contributed by atoms with Gasteiger partial charge in [0.2, 0.25) is 15.9 Å². The minimum absolute atomic E-state index is 0.142. The van der Waals surface area contributed by atoms with E-state index in [1.807, 2.05) is 30.3 Å². The number of halogens is 1. The van der Waals surface area contributed by atoms with Crippen molar-refractivity contribution in [3.63, 3.8) is 0 Å². The van der Waals surface area contributed by atoms with Crippen LogP contribution in [0.15, 0.2) is 53.4 Å². The van der Waals surface area contributed by atoms with Crippen molar-refractivity contribution in [1.82, 2.24) is 4.72 Å². The Balaban J connectivity index is 1.71. The van der Waals surface area contributed by atoms with Gasteiger partial charge in [0, 0.05) is 11.7 Å². The maximum atomic E-state index is 14.0. The highest BCUT2D eigenvalue weighted by molar-refractivity contribution is 7.89. The van der Waals surface area contributed by atoms with E-state index < -0.39 is 32.7 Å². The Morgan fingerprint density at radius 3 is 2.54 bits per heavy atom. The first kappa shape index (κ1) is 18.5. The van der Waals surface area contributed by atoms with Gasteiger partial charge in [-0.3, -0.25) is 4.79 Å². The molecule has 26 heavy (non-hydrogen) atoms. The molecular weight excluding hydrogens is 357 g/mol. The molecule has 0 aromatic heterocycles. The van der Waals surface area contributed by atoms with Crippen LogP contribution >= 0.6 is 0 Å². The fourth-order valence-electron chi connectivity index (χ4n) is 2.47. The highest BCUT2D eigenvalue weighted by Crippen LogP contribution is 2.25. The lowest BCUT2D eigenvalue weighted by Gasteiger charge is -2.14. The zero-order valence-corrected chi connectivity index (χ0v) is 14.8. The van der Waals surface area contributed by atoms with Crippen LogP contribution in [-0.4, -0.2) is 26.4 Å². The molecule has 0 spiro atoms. The normalized spacial score (nSPS) is 15.5. The topological polar surface area (TPSA) is 101 Å². The molecule has 3 rings (SSSR count). The van der Waals surface area contributed by atoms with E-state index in [0.717, 1.165) is 30.5 Å². The summed E-state index contributed by atoms with van der Waals surface area (Å²) in [5.74, 6) is -1.34. The number of benzene rings is 2. The number of nitrogens with two attached hydrogens (primary N) is 1. The molecule has 1 atom stereocenters. The zero-order valence-electron chi connectivity index (χ0n) is 14.0. The molecule has 138 valence electrons. The molecule has 1 aliphatic carbocycles. The van der Waals surface area contributed by atoms with E-state index in [9.17, 15) is 17.6 Å². The molecule has 2 aromatic carbocycles. The quantitative estimate of drug-likeness (QED) is 0.684. The number of carbonyl (C=O) groups is 1. The van der Waals surface area contributed by atoms with Crippen LogP contribution in [0.5, 0.6) is 0 Å². The van der Waals surface area contributed by atoms with Crippen molar-refractivity contribution in [2.45, 2.75) is 36.2 Å². The van der Waals surface area contributed by atoms with E-state index in [-0.39, 0.29) is 11.7 Å². The smallest absolute Gasteiger partial charge is 0.243 e. The van der Waals surface area contributed by atoms with Gasteiger partial charge >= 0.3 is 0 Å². The number of hydrogen-bond acceptors (Lipinski definition) is 4. The van der Waals surface area contributed by atoms with Gasteiger partial charge in [0.05, 0.1) is 6.04 Å². The number of sulfonamides is 1. The first-order valence-corrected chi connectivity index (χ1v) is 9.76. The van der Waals surface area contributed by atoms with Gasteiger partial charge in [-0.1, -0.05) is 30.3 Å². The summed E-state index contributed by atoms with van der Waals surface area (Å²) in [7, 11) is -3.96. The summed E-state index contributed by atoms with van der Waals surface area (Å²) in [6.07, 6.45) is 1.82. The second-order valence-corrected chi connectivity index (χ2v) is 8.01. The van der Waals surface area contributed by atoms with Crippen molar-refractivity contribution in [3.8, 4) is 0 Å². The molecule has 0 radical (unpaired) electrons. The Hall–Kier alpha value is -2.29. The molecule has 0 saturated heterocycles. The predicted octanol–water partition coefficient (Wildman–Crippen LogP) is 1.77. The van der Waals surface area contributed by atoms with E-state index in [1.54, 1.807) is 0 Å². The maximum absolute atomic E-state index is 14.0. The van der Waals surface area contributed by atoms with Gasteiger partial charge in [0.25, 0.3) is 0 Å². The van der Waals surface area contributed by atoms with Crippen LogP contribution in [0.2, 0.25) is 0 Å². The molecule has 1 amide bonds. The fourth-order valence-corrected chi connectivity index (χ4v) is 3.88. The van der Waals surface area contributed by atoms with E-state index in [0.29, 0.717) is 6.42 Å². The summed E-state index contributed by atoms with van der Waals surface area (Å²) in [6.45, 7) is 0. The molecule has 2 aromatic rings. The number of anilines is 1. The summed E-state index contributed by atoms with van der Waals surface area (Å²) < 4.78 is 40.8. The molecule has 1 fully saturated rings. The SMILES string of the molecule is N[C@@H](Cc1ccccc1)C(=O)Nc1ccc(F)c(S(=O)(=O)NC2CC2)c1. The monoisotopic (exact) mass is 377 g/mol. The molecule has 0 heterocycles. The summed E-state index contributed by atoms with van der Waals surface area (Å²) in [4.78, 5) is 11.8. The summed E-state index contributed by atoms with van der Waals surface area (Å²) in [6, 6.07) is 11.8. The Morgan fingerprint density at radius 2 is 1.88 bits per heavy atom. The molecule has 8 heteroatoms. The highest BCUT2D eigenvalue weighted by Gasteiger charge is 2.30. The molecule has 0 aliphatic heterocycles. The van der Waals surface area contributed by atoms with Crippen LogP contribution in [0, 0.1) is 5.82 Å². The molecule has 0 unspecified atom stereocenters. The van der Waals surface area contributed by atoms with Crippen molar-refractivity contribution in [3.05, 3.63) is 59.9 Å². The molecule has 1 aliphatic rings. The average Bonchev–Trinajstić information content (AvgIpc) is 3.40. The zero-order chi connectivity index (χ0) is 18.7. The maximum Gasteiger partial charge on any atom is 0.243 e. The number of carbonyl (C=O) groups excluding carboxylic acids is 1. The molecule has 1 saturated carbocycles. The van der Waals surface area contributed by atoms with Gasteiger partial charge in [-0.25, -0.2) is 17.5 Å². The van der Waals surface area contributed by atoms with Gasteiger partial charge in [-0.05, 0) is 43.0 Å². The largest absolute Gasteiger partial charge is 0.325 e. The van der Waals surface area contributed by atoms with Crippen LogP contribution in [0.1, 0.15) is 18.4 Å². The Bertz CT molecular complexity index is 899. The van der Waals surface area contributed by atoms with Crippen LogP contribution in [0.3, 0.4) is 0 Å². The standard InChI is InChI=1S/C18H20FN3O3S/c19-15-9-8-14(11-17(15)26(24,25)22-13-6-7-13)21-18(23)16(20)10-12-4-2-1-3-5-12/h1-5,8-9,11,13,16,22H,6-7,10,20H2,(H,21,23)/t16-/m0/s1. The number of nitrogens with one attached hydrogen (secondary N) is 2. The van der Waals surface area contributed by atoms with Crippen molar-refractivity contribution in [2.24, 2.45) is 5.73 Å². The lowest BCUT2D eigenvalue weighted by atomic mass is 10.1. The minimum Gasteiger partial charge on any atom is -0.325 e. The van der Waals surface area contributed by atoms with E-state index in [4.69, 9.17) is 5.73 Å². The van der Waals surface area contributed by atoms with Gasteiger partial charge in [-0.15, -0.1) is 0 Å². The van der Waals surface area contributed by atoms with Gasteiger partial charge in [0.1, 0.15) is 10.7 Å². The van der Waals surface area contributed by atoms with Crippen LogP contribution in [0.25, 0.3) is 0 Å². The first-order chi connectivity index (χ1) is 12.3. The first-order valence-electron chi connectivity index (χ1n) is 8.27. The lowest BCUT2D eigenvalue weighted by Crippen LogP contribution is -2.37. The Kier molecular flexibility index (Phi) is 5.36. The van der Waals surface area contributed by atoms with E-state index >= 15 is 0 Å². The molecule has 0 bridgehead atoms. The van der Waals surface area contributed by atoms with Gasteiger partial charge < -0.3 is 11.1 Å². The summed E-state index contributed by atoms with van der Waals surface area (Å²) >= 11 is 0. The molecular formula is C18H20FN3O3S. The Morgan fingerprint density at radius 1 is 1.19 bits per heavy atom. The van der Waals surface area contributed by atoms with Crippen LogP contribution in [-0.2, 0) is 21.2 Å². The van der Waals surface area contributed by atoms with Crippen LogP contribution in [0.4, 0.5) is 10.1 Å². The summed E-state index contributed by atoms with van der Waals surface area (Å²) in [5.41, 5.74) is 6.99. The predicted molar refractivity (Wildman–Crippen MR) is 96.5 cm³/mol. The minimum atomic E-state index is -3.96. The third-order valence-electron chi connectivity index (χ3n) is 4.02. The van der Waals surface area contributed by atoms with Crippen molar-refractivity contribution in [1.29, 1.82) is 0 Å². The van der Waals surface area contributed by atoms with E-state index in [1.165, 1.54) is 6.07 Å². The second kappa shape index (κ2) is 7.53. The van der Waals surface area contributed by atoms with Crippen molar-refractivity contribution in [2.75, 3.05) is 5.32 Å². The number of amides is 1. The van der Waals surface area contributed by atoms with E-state index in [2.05, 4.69) is 10.0 Å². The summed E-state index contributed by atoms with van der Waals surface area (Å²) in [5, 5.41) is 2.55. The second-order valence-electron chi connectivity index (χ2n) is 6.33. The molecule has 4 N–H and O–H groups in total. The number of rotatable bonds is 7. The fraction of sp³-hybridized carbons (Fsp3) is 0.278. The van der Waals surface area contributed by atoms with Gasteiger partial charge in [0.15, 0.2) is 0 Å². The van der Waals surface area contributed by atoms with Crippen molar-refractivity contribution < 1.29 is 17.6 Å². The Labute approximate surface area is 151 Å². The van der Waals surface area contributed by atoms with Gasteiger partial charge in [-0.2, -0.15) is 0 Å². The average molecular weight is 377 g/mol.